The lowest BCUT2D eigenvalue weighted by Crippen LogP contribution is -2.27. The molecule has 0 aliphatic carbocycles. The van der Waals surface area contributed by atoms with Crippen molar-refractivity contribution in [3.8, 4) is 11.3 Å². The standard InChI is InChI=1S/C19H17ClFN3OS/c20-15-5-3-14(4-6-15)17-12-23-19(24-17)26-10-9-22-18(25)11-13-1-7-16(21)8-2-13/h1-8,12H,9-11H2,(H,22,25)(H,23,24). The average Bonchev–Trinajstić information content (AvgIpc) is 3.10. The van der Waals surface area contributed by atoms with Crippen LogP contribution >= 0.6 is 23.4 Å². The lowest BCUT2D eigenvalue weighted by Gasteiger charge is -2.04. The van der Waals surface area contributed by atoms with Gasteiger partial charge in [-0.25, -0.2) is 9.37 Å². The quantitative estimate of drug-likeness (QED) is 0.467. The van der Waals surface area contributed by atoms with Crippen LogP contribution in [-0.2, 0) is 11.2 Å². The average molecular weight is 390 g/mol. The molecule has 26 heavy (non-hydrogen) atoms. The molecule has 0 saturated heterocycles. The Kier molecular flexibility index (Phi) is 6.30. The first-order chi connectivity index (χ1) is 12.6. The summed E-state index contributed by atoms with van der Waals surface area (Å²) in [5.74, 6) is 0.309. The summed E-state index contributed by atoms with van der Waals surface area (Å²) in [6.07, 6.45) is 2.02. The number of carbonyl (C=O) groups excluding carboxylic acids is 1. The van der Waals surface area contributed by atoms with Gasteiger partial charge in [0.05, 0.1) is 18.3 Å². The molecule has 0 aliphatic heterocycles. The van der Waals surface area contributed by atoms with Gasteiger partial charge in [-0.1, -0.05) is 47.6 Å². The summed E-state index contributed by atoms with van der Waals surface area (Å²) in [6.45, 7) is 0.529. The number of nitrogens with one attached hydrogen (secondary N) is 2. The molecular weight excluding hydrogens is 373 g/mol. The summed E-state index contributed by atoms with van der Waals surface area (Å²) in [6, 6.07) is 13.5. The number of amides is 1. The SMILES string of the molecule is O=C(Cc1ccc(F)cc1)NCCSc1ncc(-c2ccc(Cl)cc2)[nH]1. The summed E-state index contributed by atoms with van der Waals surface area (Å²) in [5.41, 5.74) is 2.72. The number of nitrogens with zero attached hydrogens (tertiary/aromatic N) is 1. The molecule has 0 atom stereocenters. The summed E-state index contributed by atoms with van der Waals surface area (Å²) >= 11 is 7.42. The van der Waals surface area contributed by atoms with Gasteiger partial charge in [0.2, 0.25) is 5.91 Å². The Morgan fingerprint density at radius 1 is 1.15 bits per heavy atom. The van der Waals surface area contributed by atoms with Gasteiger partial charge in [-0.3, -0.25) is 4.79 Å². The number of carbonyl (C=O) groups is 1. The zero-order chi connectivity index (χ0) is 18.4. The maximum Gasteiger partial charge on any atom is 0.224 e. The third-order valence-corrected chi connectivity index (χ3v) is 4.79. The van der Waals surface area contributed by atoms with Gasteiger partial charge in [-0.2, -0.15) is 0 Å². The van der Waals surface area contributed by atoms with E-state index in [1.54, 1.807) is 18.3 Å². The zero-order valence-electron chi connectivity index (χ0n) is 13.8. The van der Waals surface area contributed by atoms with Gasteiger partial charge in [0.1, 0.15) is 5.82 Å². The Hall–Kier alpha value is -2.31. The number of halogens is 2. The van der Waals surface area contributed by atoms with Gasteiger partial charge >= 0.3 is 0 Å². The molecule has 1 amide bonds. The van der Waals surface area contributed by atoms with Crippen molar-refractivity contribution in [3.63, 3.8) is 0 Å². The molecular formula is C19H17ClFN3OS. The summed E-state index contributed by atoms with van der Waals surface area (Å²) < 4.78 is 12.8. The van der Waals surface area contributed by atoms with Crippen molar-refractivity contribution in [2.75, 3.05) is 12.3 Å². The van der Waals surface area contributed by atoms with Crippen molar-refractivity contribution < 1.29 is 9.18 Å². The van der Waals surface area contributed by atoms with Crippen LogP contribution in [0.5, 0.6) is 0 Å². The second kappa shape index (κ2) is 8.87. The lowest BCUT2D eigenvalue weighted by atomic mass is 10.1. The van der Waals surface area contributed by atoms with Crippen molar-refractivity contribution in [2.45, 2.75) is 11.6 Å². The van der Waals surface area contributed by atoms with Crippen LogP contribution in [0.2, 0.25) is 5.02 Å². The molecule has 3 rings (SSSR count). The van der Waals surface area contributed by atoms with Crippen LogP contribution in [0, 0.1) is 5.82 Å². The number of aromatic nitrogens is 2. The maximum atomic E-state index is 12.8. The number of imidazole rings is 1. The van der Waals surface area contributed by atoms with Crippen LogP contribution in [-0.4, -0.2) is 28.2 Å². The van der Waals surface area contributed by atoms with E-state index in [9.17, 15) is 9.18 Å². The van der Waals surface area contributed by atoms with E-state index in [-0.39, 0.29) is 18.1 Å². The van der Waals surface area contributed by atoms with E-state index in [4.69, 9.17) is 11.6 Å². The van der Waals surface area contributed by atoms with Crippen molar-refractivity contribution >= 4 is 29.3 Å². The normalized spacial score (nSPS) is 10.7. The molecule has 0 aliphatic rings. The number of H-pyrrole nitrogens is 1. The van der Waals surface area contributed by atoms with Gasteiger partial charge in [0.15, 0.2) is 5.16 Å². The second-order valence-electron chi connectivity index (χ2n) is 5.61. The summed E-state index contributed by atoms with van der Waals surface area (Å²) in [5, 5.41) is 4.34. The molecule has 1 aromatic heterocycles. The molecule has 1 heterocycles. The Morgan fingerprint density at radius 3 is 2.62 bits per heavy atom. The van der Waals surface area contributed by atoms with Crippen LogP contribution in [0.25, 0.3) is 11.3 Å². The van der Waals surface area contributed by atoms with E-state index in [0.717, 1.165) is 22.0 Å². The molecule has 2 N–H and O–H groups in total. The third-order valence-electron chi connectivity index (χ3n) is 3.65. The number of hydrogen-bond acceptors (Lipinski definition) is 3. The fraction of sp³-hybridized carbons (Fsp3) is 0.158. The number of benzene rings is 2. The topological polar surface area (TPSA) is 57.8 Å². The highest BCUT2D eigenvalue weighted by molar-refractivity contribution is 7.99. The molecule has 0 radical (unpaired) electrons. The zero-order valence-corrected chi connectivity index (χ0v) is 15.4. The van der Waals surface area contributed by atoms with E-state index in [2.05, 4.69) is 15.3 Å². The predicted octanol–water partition coefficient (Wildman–Crippen LogP) is 4.32. The van der Waals surface area contributed by atoms with Crippen LogP contribution in [0.1, 0.15) is 5.56 Å². The molecule has 3 aromatic rings. The van der Waals surface area contributed by atoms with Crippen LogP contribution < -0.4 is 5.32 Å². The number of hydrogen-bond donors (Lipinski definition) is 2. The predicted molar refractivity (Wildman–Crippen MR) is 103 cm³/mol. The van der Waals surface area contributed by atoms with E-state index in [0.29, 0.717) is 17.3 Å². The number of aromatic amines is 1. The first-order valence-corrected chi connectivity index (χ1v) is 9.41. The first kappa shape index (κ1) is 18.5. The molecule has 0 fully saturated rings. The minimum atomic E-state index is -0.304. The molecule has 0 spiro atoms. The summed E-state index contributed by atoms with van der Waals surface area (Å²) in [7, 11) is 0. The van der Waals surface area contributed by atoms with Gasteiger partial charge < -0.3 is 10.3 Å². The fourth-order valence-electron chi connectivity index (χ4n) is 2.34. The molecule has 0 unspecified atom stereocenters. The molecule has 2 aromatic carbocycles. The highest BCUT2D eigenvalue weighted by atomic mass is 35.5. The highest BCUT2D eigenvalue weighted by Crippen LogP contribution is 2.22. The Labute approximate surface area is 160 Å². The van der Waals surface area contributed by atoms with Crippen molar-refractivity contribution in [1.29, 1.82) is 0 Å². The molecule has 7 heteroatoms. The van der Waals surface area contributed by atoms with Gasteiger partial charge in [0.25, 0.3) is 0 Å². The maximum absolute atomic E-state index is 12.8. The monoisotopic (exact) mass is 389 g/mol. The van der Waals surface area contributed by atoms with Crippen molar-refractivity contribution in [3.05, 3.63) is 71.1 Å². The minimum Gasteiger partial charge on any atom is -0.355 e. The second-order valence-corrected chi connectivity index (χ2v) is 7.13. The summed E-state index contributed by atoms with van der Waals surface area (Å²) in [4.78, 5) is 19.5. The minimum absolute atomic E-state index is 0.0847. The largest absolute Gasteiger partial charge is 0.355 e. The van der Waals surface area contributed by atoms with Crippen molar-refractivity contribution in [1.82, 2.24) is 15.3 Å². The molecule has 0 saturated carbocycles. The first-order valence-electron chi connectivity index (χ1n) is 8.05. The van der Waals surface area contributed by atoms with Crippen molar-refractivity contribution in [2.24, 2.45) is 0 Å². The van der Waals surface area contributed by atoms with E-state index >= 15 is 0 Å². The van der Waals surface area contributed by atoms with E-state index in [1.807, 2.05) is 24.3 Å². The lowest BCUT2D eigenvalue weighted by molar-refractivity contribution is -0.120. The van der Waals surface area contributed by atoms with Crippen LogP contribution in [0.4, 0.5) is 4.39 Å². The Morgan fingerprint density at radius 2 is 1.88 bits per heavy atom. The van der Waals surface area contributed by atoms with Crippen LogP contribution in [0.15, 0.2) is 59.9 Å². The highest BCUT2D eigenvalue weighted by Gasteiger charge is 2.06. The molecule has 4 nitrogen and oxygen atoms in total. The molecule has 0 bridgehead atoms. The fourth-order valence-corrected chi connectivity index (χ4v) is 3.17. The van der Waals surface area contributed by atoms with E-state index in [1.165, 1.54) is 23.9 Å². The van der Waals surface area contributed by atoms with Gasteiger partial charge in [0, 0.05) is 17.3 Å². The van der Waals surface area contributed by atoms with Crippen LogP contribution in [0.3, 0.4) is 0 Å². The third kappa shape index (κ3) is 5.34. The molecule has 134 valence electrons. The number of rotatable bonds is 7. The van der Waals surface area contributed by atoms with E-state index < -0.39 is 0 Å². The van der Waals surface area contributed by atoms with Gasteiger partial charge in [-0.05, 0) is 35.4 Å². The smallest absolute Gasteiger partial charge is 0.224 e. The Balaban J connectivity index is 1.41. The number of thioether (sulfide) groups is 1. The Bertz CT molecular complexity index is 865. The van der Waals surface area contributed by atoms with Gasteiger partial charge in [-0.15, -0.1) is 0 Å².